The summed E-state index contributed by atoms with van der Waals surface area (Å²) in [6, 6.07) is 6.68. The third-order valence-corrected chi connectivity index (χ3v) is 3.90. The summed E-state index contributed by atoms with van der Waals surface area (Å²) in [6.45, 7) is 3.13. The molecule has 8 heteroatoms. The van der Waals surface area contributed by atoms with E-state index < -0.39 is 0 Å². The molecule has 0 spiro atoms. The van der Waals surface area contributed by atoms with E-state index in [0.717, 1.165) is 13.1 Å². The van der Waals surface area contributed by atoms with Crippen LogP contribution in [0.15, 0.2) is 33.9 Å². The molecule has 1 aliphatic heterocycles. The molecule has 0 unspecified atom stereocenters. The molecular weight excluding hydrogens is 320 g/mol. The van der Waals surface area contributed by atoms with Gasteiger partial charge in [-0.1, -0.05) is 12.1 Å². The minimum atomic E-state index is -0.315. The van der Waals surface area contributed by atoms with E-state index in [0.29, 0.717) is 23.9 Å². The van der Waals surface area contributed by atoms with Gasteiger partial charge in [-0.15, -0.1) is 12.4 Å². The Labute approximate surface area is 138 Å². The third-order valence-electron chi connectivity index (χ3n) is 3.90. The first-order valence-electron chi connectivity index (χ1n) is 7.37. The Balaban J connectivity index is 0.00000192. The predicted octanol–water partition coefficient (Wildman–Crippen LogP) is -0.0665. The van der Waals surface area contributed by atoms with Crippen molar-refractivity contribution in [2.24, 2.45) is 0 Å². The lowest BCUT2D eigenvalue weighted by atomic mass is 10.2. The van der Waals surface area contributed by atoms with Crippen LogP contribution < -0.4 is 16.4 Å². The molecule has 1 saturated heterocycles. The largest absolute Gasteiger partial charge is 0.340 e. The fourth-order valence-electron chi connectivity index (χ4n) is 2.68. The number of benzene rings is 1. The van der Waals surface area contributed by atoms with Crippen LogP contribution in [0.1, 0.15) is 6.42 Å². The van der Waals surface area contributed by atoms with Gasteiger partial charge in [0.25, 0.3) is 11.1 Å². The maximum atomic E-state index is 12.3. The van der Waals surface area contributed by atoms with E-state index in [1.165, 1.54) is 4.68 Å². The van der Waals surface area contributed by atoms with Crippen LogP contribution in [-0.2, 0) is 11.3 Å². The molecule has 2 heterocycles. The number of carbonyl (C=O) groups excluding carboxylic acids is 1. The Kier molecular flexibility index (Phi) is 5.57. The molecule has 1 aromatic carbocycles. The monoisotopic (exact) mass is 338 g/mol. The van der Waals surface area contributed by atoms with Crippen molar-refractivity contribution >= 4 is 29.1 Å². The number of piperazine rings is 1. The zero-order chi connectivity index (χ0) is 15.5. The van der Waals surface area contributed by atoms with Crippen LogP contribution in [0.3, 0.4) is 0 Å². The molecule has 0 bridgehead atoms. The molecule has 1 fully saturated rings. The molecule has 1 amide bonds. The van der Waals surface area contributed by atoms with Crippen LogP contribution in [0.2, 0.25) is 0 Å². The molecule has 3 rings (SSSR count). The van der Waals surface area contributed by atoms with Gasteiger partial charge in [-0.2, -0.15) is 0 Å². The molecular formula is C15H19ClN4O3. The highest BCUT2D eigenvalue weighted by molar-refractivity contribution is 5.85. The van der Waals surface area contributed by atoms with E-state index in [-0.39, 0.29) is 42.4 Å². The van der Waals surface area contributed by atoms with Crippen molar-refractivity contribution in [3.63, 3.8) is 0 Å². The van der Waals surface area contributed by atoms with E-state index in [4.69, 9.17) is 0 Å². The van der Waals surface area contributed by atoms with Crippen LogP contribution >= 0.6 is 12.4 Å². The summed E-state index contributed by atoms with van der Waals surface area (Å²) in [5.41, 5.74) is -0.590. The number of rotatable bonds is 3. The maximum absolute atomic E-state index is 12.3. The molecule has 7 nitrogen and oxygen atoms in total. The second-order valence-electron chi connectivity index (χ2n) is 5.32. The molecule has 23 heavy (non-hydrogen) atoms. The number of hydrogen-bond acceptors (Lipinski definition) is 4. The highest BCUT2D eigenvalue weighted by Gasteiger charge is 2.16. The van der Waals surface area contributed by atoms with E-state index in [9.17, 15) is 14.4 Å². The zero-order valence-electron chi connectivity index (χ0n) is 12.6. The minimum Gasteiger partial charge on any atom is -0.340 e. The molecule has 1 aliphatic rings. The fraction of sp³-hybridized carbons (Fsp3) is 0.400. The van der Waals surface area contributed by atoms with Gasteiger partial charge in [-0.3, -0.25) is 19.5 Å². The number of halogens is 1. The molecule has 124 valence electrons. The quantitative estimate of drug-likeness (QED) is 0.820. The second kappa shape index (κ2) is 7.43. The normalized spacial score (nSPS) is 14.5. The van der Waals surface area contributed by atoms with Crippen LogP contribution in [0.4, 0.5) is 0 Å². The van der Waals surface area contributed by atoms with Crippen LogP contribution in [0, 0.1) is 0 Å². The van der Waals surface area contributed by atoms with E-state index in [1.807, 2.05) is 0 Å². The summed E-state index contributed by atoms with van der Waals surface area (Å²) < 4.78 is 1.23. The Hall–Kier alpha value is -2.12. The van der Waals surface area contributed by atoms with Gasteiger partial charge in [0.15, 0.2) is 0 Å². The van der Waals surface area contributed by atoms with Gasteiger partial charge in [0, 0.05) is 32.6 Å². The van der Waals surface area contributed by atoms with Crippen LogP contribution in [0.5, 0.6) is 0 Å². The SMILES string of the molecule is Cl.O=C(CCn1[nH]c(=O)c2ccccc2c1=O)N1CCNCC1. The van der Waals surface area contributed by atoms with Gasteiger partial charge in [-0.25, -0.2) is 4.68 Å². The lowest BCUT2D eigenvalue weighted by Crippen LogP contribution is -2.46. The number of amides is 1. The molecule has 2 aromatic rings. The molecule has 2 N–H and O–H groups in total. The van der Waals surface area contributed by atoms with Gasteiger partial charge in [0.2, 0.25) is 5.91 Å². The first-order valence-corrected chi connectivity index (χ1v) is 7.37. The first-order chi connectivity index (χ1) is 10.7. The number of carbonyl (C=O) groups is 1. The van der Waals surface area contributed by atoms with Crippen LogP contribution in [0.25, 0.3) is 10.8 Å². The van der Waals surface area contributed by atoms with Crippen molar-refractivity contribution in [2.45, 2.75) is 13.0 Å². The molecule has 0 aliphatic carbocycles. The minimum absolute atomic E-state index is 0. The number of aromatic nitrogens is 2. The topological polar surface area (TPSA) is 87.2 Å². The summed E-state index contributed by atoms with van der Waals surface area (Å²) in [7, 11) is 0. The number of aromatic amines is 1. The van der Waals surface area contributed by atoms with Gasteiger partial charge in [-0.05, 0) is 12.1 Å². The number of aryl methyl sites for hydroxylation is 1. The molecule has 0 atom stereocenters. The van der Waals surface area contributed by atoms with Gasteiger partial charge in [0.1, 0.15) is 0 Å². The summed E-state index contributed by atoms with van der Waals surface area (Å²) in [5.74, 6) is 0.00223. The number of H-pyrrole nitrogens is 1. The van der Waals surface area contributed by atoms with E-state index in [1.54, 1.807) is 29.2 Å². The smallest absolute Gasteiger partial charge is 0.273 e. The lowest BCUT2D eigenvalue weighted by molar-refractivity contribution is -0.132. The van der Waals surface area contributed by atoms with Crippen molar-refractivity contribution in [3.8, 4) is 0 Å². The highest BCUT2D eigenvalue weighted by atomic mass is 35.5. The van der Waals surface area contributed by atoms with E-state index in [2.05, 4.69) is 10.4 Å². The van der Waals surface area contributed by atoms with Crippen molar-refractivity contribution < 1.29 is 4.79 Å². The van der Waals surface area contributed by atoms with Gasteiger partial charge < -0.3 is 10.2 Å². The molecule has 0 saturated carbocycles. The summed E-state index contributed by atoms with van der Waals surface area (Å²) in [5, 5.41) is 6.47. The van der Waals surface area contributed by atoms with Crippen molar-refractivity contribution in [1.29, 1.82) is 0 Å². The summed E-state index contributed by atoms with van der Waals surface area (Å²) in [6.07, 6.45) is 0.203. The predicted molar refractivity (Wildman–Crippen MR) is 90.1 cm³/mol. The van der Waals surface area contributed by atoms with Crippen molar-refractivity contribution in [2.75, 3.05) is 26.2 Å². The summed E-state index contributed by atoms with van der Waals surface area (Å²) in [4.78, 5) is 38.2. The number of hydrogen-bond donors (Lipinski definition) is 2. The number of fused-ring (bicyclic) bond motifs is 1. The number of nitrogens with one attached hydrogen (secondary N) is 2. The Morgan fingerprint density at radius 1 is 1.09 bits per heavy atom. The van der Waals surface area contributed by atoms with Gasteiger partial charge in [0.05, 0.1) is 17.3 Å². The van der Waals surface area contributed by atoms with Gasteiger partial charge >= 0.3 is 0 Å². The maximum Gasteiger partial charge on any atom is 0.273 e. The van der Waals surface area contributed by atoms with Crippen molar-refractivity contribution in [1.82, 2.24) is 20.0 Å². The fourth-order valence-corrected chi connectivity index (χ4v) is 2.68. The highest BCUT2D eigenvalue weighted by Crippen LogP contribution is 2.03. The number of nitrogens with zero attached hydrogens (tertiary/aromatic N) is 2. The standard InChI is InChI=1S/C15H18N4O3.ClH/c20-13(18-9-6-16-7-10-18)5-8-19-15(22)12-4-2-1-3-11(12)14(21)17-19;/h1-4,16H,5-10H2,(H,17,21);1H. The average Bonchev–Trinajstić information content (AvgIpc) is 2.57. The Bertz CT molecular complexity index is 808. The first kappa shape index (κ1) is 17.2. The van der Waals surface area contributed by atoms with Crippen LogP contribution in [-0.4, -0.2) is 46.8 Å². The Morgan fingerprint density at radius 3 is 2.43 bits per heavy atom. The van der Waals surface area contributed by atoms with Crippen molar-refractivity contribution in [3.05, 3.63) is 45.0 Å². The summed E-state index contributed by atoms with van der Waals surface area (Å²) >= 11 is 0. The second-order valence-corrected chi connectivity index (χ2v) is 5.32. The molecule has 1 aromatic heterocycles. The molecule has 0 radical (unpaired) electrons. The third kappa shape index (κ3) is 3.62. The zero-order valence-corrected chi connectivity index (χ0v) is 13.4. The Morgan fingerprint density at radius 2 is 1.74 bits per heavy atom. The average molecular weight is 339 g/mol. The van der Waals surface area contributed by atoms with E-state index >= 15 is 0 Å². The lowest BCUT2D eigenvalue weighted by Gasteiger charge is -2.27.